The Kier molecular flexibility index (Phi) is 4.43. The Bertz CT molecular complexity index is 1160. The zero-order valence-electron chi connectivity index (χ0n) is 17.6. The maximum absolute atomic E-state index is 15.0. The summed E-state index contributed by atoms with van der Waals surface area (Å²) in [5, 5.41) is 17.9. The first kappa shape index (κ1) is 19.6. The number of phenolic OH excluding ortho intramolecular Hbond substituents is 1. The third-order valence-electron chi connectivity index (χ3n) is 6.93. The van der Waals surface area contributed by atoms with E-state index in [2.05, 4.69) is 25.3 Å². The lowest BCUT2D eigenvalue weighted by atomic mass is 10.00. The second kappa shape index (κ2) is 7.23. The van der Waals surface area contributed by atoms with Gasteiger partial charge in [-0.2, -0.15) is 5.10 Å². The van der Waals surface area contributed by atoms with Crippen LogP contribution in [0.3, 0.4) is 0 Å². The molecule has 2 saturated carbocycles. The van der Waals surface area contributed by atoms with Gasteiger partial charge in [0.25, 0.3) is 0 Å². The molecule has 2 unspecified atom stereocenters. The van der Waals surface area contributed by atoms with E-state index >= 15 is 0 Å². The molecule has 6 rings (SSSR count). The van der Waals surface area contributed by atoms with Crippen molar-refractivity contribution in [1.82, 2.24) is 25.1 Å². The molecule has 2 N–H and O–H groups in total. The third kappa shape index (κ3) is 3.14. The Hall–Kier alpha value is -3.07. The molecule has 3 aromatic rings. The maximum atomic E-state index is 15.0. The first-order chi connectivity index (χ1) is 15.5. The number of aromatic nitrogens is 4. The quantitative estimate of drug-likeness (QED) is 0.638. The predicted octanol–water partition coefficient (Wildman–Crippen LogP) is 3.06. The molecular formula is C23H24F2N6O. The third-order valence-corrected chi connectivity index (χ3v) is 6.93. The van der Waals surface area contributed by atoms with Crippen LogP contribution in [0.1, 0.15) is 19.3 Å². The molecular weight excluding hydrogens is 414 g/mol. The fourth-order valence-electron chi connectivity index (χ4n) is 5.25. The van der Waals surface area contributed by atoms with Crippen molar-refractivity contribution in [2.45, 2.75) is 43.6 Å². The Morgan fingerprint density at radius 1 is 1.16 bits per heavy atom. The number of piperidine rings is 1. The summed E-state index contributed by atoms with van der Waals surface area (Å²) in [6.45, 7) is 0.834. The van der Waals surface area contributed by atoms with E-state index in [1.54, 1.807) is 30.3 Å². The lowest BCUT2D eigenvalue weighted by Gasteiger charge is -2.37. The summed E-state index contributed by atoms with van der Waals surface area (Å²) in [6.07, 6.45) is 8.36. The summed E-state index contributed by atoms with van der Waals surface area (Å²) in [7, 11) is 1.75. The number of hydrogen-bond donors (Lipinski definition) is 2. The number of aryl methyl sites for hydroxylation is 1. The lowest BCUT2D eigenvalue weighted by Crippen LogP contribution is -2.53. The fraction of sp³-hybridized carbons (Fsp3) is 0.435. The van der Waals surface area contributed by atoms with E-state index in [0.717, 1.165) is 25.8 Å². The van der Waals surface area contributed by atoms with E-state index < -0.39 is 12.0 Å². The number of halogens is 2. The number of nitrogens with one attached hydrogen (secondary N) is 1. The van der Waals surface area contributed by atoms with Gasteiger partial charge in [-0.15, -0.1) is 0 Å². The van der Waals surface area contributed by atoms with Crippen molar-refractivity contribution >= 4 is 5.82 Å². The number of phenols is 1. The molecule has 0 amide bonds. The van der Waals surface area contributed by atoms with Crippen LogP contribution in [0.5, 0.6) is 5.75 Å². The molecule has 32 heavy (non-hydrogen) atoms. The van der Waals surface area contributed by atoms with Gasteiger partial charge in [-0.25, -0.2) is 13.8 Å². The minimum atomic E-state index is -0.922. The summed E-state index contributed by atoms with van der Waals surface area (Å²) in [5.41, 5.74) is 1.47. The second-order valence-electron chi connectivity index (χ2n) is 9.10. The zero-order valence-corrected chi connectivity index (χ0v) is 17.6. The number of aromatic hydroxyl groups is 1. The SMILES string of the molecule is Cn1cc(-c2cc(O)c(-c3cnc(N(C4CC4)[C@H]4C5CNC(C5)[C@H]4F)cn3)cc2F)cn1. The number of alkyl halides is 1. The van der Waals surface area contributed by atoms with Gasteiger partial charge in [-0.05, 0) is 37.3 Å². The van der Waals surface area contributed by atoms with E-state index in [4.69, 9.17) is 0 Å². The van der Waals surface area contributed by atoms with Crippen LogP contribution in [-0.4, -0.2) is 55.7 Å². The molecule has 1 saturated heterocycles. The molecule has 7 nitrogen and oxygen atoms in total. The molecule has 2 aliphatic carbocycles. The monoisotopic (exact) mass is 438 g/mol. The van der Waals surface area contributed by atoms with Crippen molar-refractivity contribution in [3.63, 3.8) is 0 Å². The van der Waals surface area contributed by atoms with Crippen molar-refractivity contribution in [2.24, 2.45) is 13.0 Å². The molecule has 3 heterocycles. The first-order valence-electron chi connectivity index (χ1n) is 11.0. The van der Waals surface area contributed by atoms with Gasteiger partial charge in [-0.3, -0.25) is 9.67 Å². The van der Waals surface area contributed by atoms with Gasteiger partial charge in [0.1, 0.15) is 23.6 Å². The smallest absolute Gasteiger partial charge is 0.147 e. The van der Waals surface area contributed by atoms with Gasteiger partial charge in [0.05, 0.1) is 30.3 Å². The Balaban J connectivity index is 1.30. The molecule has 9 heteroatoms. The summed E-state index contributed by atoms with van der Waals surface area (Å²) < 4.78 is 31.4. The van der Waals surface area contributed by atoms with Gasteiger partial charge in [-0.1, -0.05) is 0 Å². The van der Waals surface area contributed by atoms with Gasteiger partial charge >= 0.3 is 0 Å². The summed E-state index contributed by atoms with van der Waals surface area (Å²) in [5.74, 6) is 0.346. The van der Waals surface area contributed by atoms with Crippen molar-refractivity contribution in [3.05, 3.63) is 42.7 Å². The lowest BCUT2D eigenvalue weighted by molar-refractivity contribution is 0.214. The number of anilines is 1. The topological polar surface area (TPSA) is 79.1 Å². The number of rotatable bonds is 5. The minimum absolute atomic E-state index is 0.0725. The minimum Gasteiger partial charge on any atom is -0.507 e. The van der Waals surface area contributed by atoms with Gasteiger partial charge in [0.15, 0.2) is 0 Å². The molecule has 166 valence electrons. The van der Waals surface area contributed by atoms with Crippen molar-refractivity contribution in [3.8, 4) is 28.1 Å². The predicted molar refractivity (Wildman–Crippen MR) is 115 cm³/mol. The van der Waals surface area contributed by atoms with Crippen LogP contribution in [0.2, 0.25) is 0 Å². The van der Waals surface area contributed by atoms with Crippen molar-refractivity contribution in [1.29, 1.82) is 0 Å². The molecule has 3 fully saturated rings. The number of nitrogens with zero attached hydrogens (tertiary/aromatic N) is 5. The summed E-state index contributed by atoms with van der Waals surface area (Å²) >= 11 is 0. The maximum Gasteiger partial charge on any atom is 0.147 e. The fourth-order valence-corrected chi connectivity index (χ4v) is 5.25. The number of hydrogen-bond acceptors (Lipinski definition) is 6. The van der Waals surface area contributed by atoms with Crippen LogP contribution in [0.25, 0.3) is 22.4 Å². The molecule has 1 aromatic carbocycles. The van der Waals surface area contributed by atoms with Crippen molar-refractivity contribution < 1.29 is 13.9 Å². The van der Waals surface area contributed by atoms with Gasteiger partial charge in [0, 0.05) is 48.6 Å². The molecule has 2 aromatic heterocycles. The zero-order chi connectivity index (χ0) is 22.0. The highest BCUT2D eigenvalue weighted by molar-refractivity contribution is 5.74. The van der Waals surface area contributed by atoms with E-state index in [1.807, 2.05) is 0 Å². The van der Waals surface area contributed by atoms with Crippen LogP contribution in [0.15, 0.2) is 36.9 Å². The first-order valence-corrected chi connectivity index (χ1v) is 11.0. The molecule has 2 bridgehead atoms. The second-order valence-corrected chi connectivity index (χ2v) is 9.10. The highest BCUT2D eigenvalue weighted by Crippen LogP contribution is 2.43. The van der Waals surface area contributed by atoms with E-state index in [9.17, 15) is 13.9 Å². The average molecular weight is 438 g/mol. The molecule has 0 radical (unpaired) electrons. The van der Waals surface area contributed by atoms with Gasteiger partial charge in [0.2, 0.25) is 0 Å². The largest absolute Gasteiger partial charge is 0.507 e. The van der Waals surface area contributed by atoms with E-state index in [-0.39, 0.29) is 34.9 Å². The highest BCUT2D eigenvalue weighted by atomic mass is 19.1. The Morgan fingerprint density at radius 3 is 2.62 bits per heavy atom. The van der Waals surface area contributed by atoms with Crippen LogP contribution in [0, 0.1) is 11.7 Å². The van der Waals surface area contributed by atoms with Crippen LogP contribution in [0.4, 0.5) is 14.6 Å². The van der Waals surface area contributed by atoms with E-state index in [1.165, 1.54) is 18.3 Å². The molecule has 1 aliphatic heterocycles. The Labute approximate surface area is 184 Å². The summed E-state index contributed by atoms with van der Waals surface area (Å²) in [4.78, 5) is 11.1. The summed E-state index contributed by atoms with van der Waals surface area (Å²) in [6, 6.07) is 2.68. The normalized spacial score (nSPS) is 26.6. The Morgan fingerprint density at radius 2 is 2.00 bits per heavy atom. The van der Waals surface area contributed by atoms with Crippen molar-refractivity contribution in [2.75, 3.05) is 11.4 Å². The average Bonchev–Trinajstić information content (AvgIpc) is 3.20. The van der Waals surface area contributed by atoms with Crippen LogP contribution >= 0.6 is 0 Å². The number of benzene rings is 1. The highest BCUT2D eigenvalue weighted by Gasteiger charge is 2.53. The number of fused-ring (bicyclic) bond motifs is 2. The van der Waals surface area contributed by atoms with Crippen LogP contribution < -0.4 is 10.2 Å². The molecule has 3 aliphatic rings. The van der Waals surface area contributed by atoms with E-state index in [0.29, 0.717) is 23.1 Å². The standard InChI is InChI=1S/C23H24F2N6O/c1-30-11-13(8-29-30)15-6-20(32)16(5-17(15)24)19-9-28-21(10-27-19)31(14-2-3-14)23-12-4-18(22(23)25)26-7-12/h5-6,8-12,14,18,22-23,26,32H,2-4,7H2,1H3/t12?,18?,22-,23+/m1/s1. The van der Waals surface area contributed by atoms with Gasteiger partial charge < -0.3 is 15.3 Å². The molecule has 0 spiro atoms. The molecule has 4 atom stereocenters. The van der Waals surface area contributed by atoms with Crippen LogP contribution in [-0.2, 0) is 7.05 Å².